The van der Waals surface area contributed by atoms with Gasteiger partial charge in [-0.15, -0.1) is 10.2 Å². The van der Waals surface area contributed by atoms with Gasteiger partial charge in [-0.25, -0.2) is 0 Å². The zero-order valence-electron chi connectivity index (χ0n) is 8.96. The molecule has 3 rings (SSSR count). The average molecular weight is 209 g/mol. The van der Waals surface area contributed by atoms with Gasteiger partial charge < -0.3 is 0 Å². The van der Waals surface area contributed by atoms with Crippen molar-refractivity contribution in [3.05, 3.63) is 54.1 Å². The predicted octanol–water partition coefficient (Wildman–Crippen LogP) is 2.73. The predicted molar refractivity (Wildman–Crippen MR) is 63.6 cm³/mol. The van der Waals surface area contributed by atoms with Crippen LogP contribution in [-0.2, 0) is 0 Å². The van der Waals surface area contributed by atoms with E-state index in [1.807, 2.05) is 55.5 Å². The highest BCUT2D eigenvalue weighted by molar-refractivity contribution is 5.77. The van der Waals surface area contributed by atoms with E-state index in [0.717, 1.165) is 22.3 Å². The summed E-state index contributed by atoms with van der Waals surface area (Å²) < 4.78 is 0. The molecule has 0 unspecified atom stereocenters. The van der Waals surface area contributed by atoms with E-state index in [4.69, 9.17) is 0 Å². The molecule has 16 heavy (non-hydrogen) atoms. The summed E-state index contributed by atoms with van der Waals surface area (Å²) in [5, 5.41) is 8.94. The van der Waals surface area contributed by atoms with Gasteiger partial charge in [0, 0.05) is 0 Å². The first kappa shape index (κ1) is 9.09. The topological polar surface area (TPSA) is 30.7 Å². The van der Waals surface area contributed by atoms with Gasteiger partial charge in [0.05, 0.1) is 5.69 Å². The fourth-order valence-electron chi connectivity index (χ4n) is 1.75. The minimum absolute atomic E-state index is 0.934. The number of hydrogen-bond acceptors (Lipinski definition) is 2. The molecule has 1 aromatic heterocycles. The van der Waals surface area contributed by atoms with Crippen LogP contribution in [-0.4, -0.2) is 15.0 Å². The number of aromatic nitrogens is 3. The van der Waals surface area contributed by atoms with E-state index < -0.39 is 0 Å². The van der Waals surface area contributed by atoms with Crippen LogP contribution < -0.4 is 0 Å². The first-order valence-electron chi connectivity index (χ1n) is 5.23. The number of rotatable bonds is 1. The van der Waals surface area contributed by atoms with Crippen molar-refractivity contribution in [2.45, 2.75) is 6.92 Å². The van der Waals surface area contributed by atoms with Crippen molar-refractivity contribution in [3.8, 4) is 5.69 Å². The molecule has 3 heteroatoms. The van der Waals surface area contributed by atoms with Crippen LogP contribution in [0.5, 0.6) is 0 Å². The van der Waals surface area contributed by atoms with Gasteiger partial charge in [-0.3, -0.25) is 0 Å². The minimum Gasteiger partial charge on any atom is -0.150 e. The number of aryl methyl sites for hydroxylation is 1. The normalized spacial score (nSPS) is 10.8. The molecule has 0 spiro atoms. The lowest BCUT2D eigenvalue weighted by atomic mass is 10.2. The first-order chi connectivity index (χ1) is 7.84. The van der Waals surface area contributed by atoms with E-state index in [9.17, 15) is 0 Å². The molecule has 0 fully saturated rings. The molecule has 0 aliphatic rings. The van der Waals surface area contributed by atoms with Crippen LogP contribution in [0.15, 0.2) is 48.5 Å². The van der Waals surface area contributed by atoms with Crippen LogP contribution in [0.3, 0.4) is 0 Å². The van der Waals surface area contributed by atoms with Gasteiger partial charge in [0.25, 0.3) is 0 Å². The van der Waals surface area contributed by atoms with Crippen molar-refractivity contribution < 1.29 is 0 Å². The third-order valence-electron chi connectivity index (χ3n) is 2.60. The number of para-hydroxylation sites is 1. The summed E-state index contributed by atoms with van der Waals surface area (Å²) in [5.41, 5.74) is 4.04. The van der Waals surface area contributed by atoms with Crippen LogP contribution in [0.1, 0.15) is 5.56 Å². The Morgan fingerprint density at radius 3 is 2.44 bits per heavy atom. The van der Waals surface area contributed by atoms with Crippen molar-refractivity contribution in [1.82, 2.24) is 15.0 Å². The monoisotopic (exact) mass is 209 g/mol. The Morgan fingerprint density at radius 1 is 0.875 bits per heavy atom. The molecular formula is C13H11N3. The number of benzene rings is 2. The summed E-state index contributed by atoms with van der Waals surface area (Å²) in [4.78, 5) is 1.68. The Labute approximate surface area is 93.3 Å². The summed E-state index contributed by atoms with van der Waals surface area (Å²) in [5.74, 6) is 0. The molecule has 3 nitrogen and oxygen atoms in total. The lowest BCUT2D eigenvalue weighted by Crippen LogP contribution is -1.97. The zero-order valence-corrected chi connectivity index (χ0v) is 8.96. The molecule has 1 heterocycles. The van der Waals surface area contributed by atoms with E-state index in [0.29, 0.717) is 0 Å². The van der Waals surface area contributed by atoms with Crippen molar-refractivity contribution in [2.75, 3.05) is 0 Å². The highest BCUT2D eigenvalue weighted by Crippen LogP contribution is 2.15. The van der Waals surface area contributed by atoms with E-state index in [2.05, 4.69) is 10.2 Å². The average Bonchev–Trinajstić information content (AvgIpc) is 2.76. The summed E-state index contributed by atoms with van der Waals surface area (Å²) in [6, 6.07) is 16.0. The summed E-state index contributed by atoms with van der Waals surface area (Å²) >= 11 is 0. The highest BCUT2D eigenvalue weighted by Gasteiger charge is 2.05. The molecule has 0 bridgehead atoms. The molecule has 0 atom stereocenters. The maximum atomic E-state index is 4.49. The summed E-state index contributed by atoms with van der Waals surface area (Å²) in [7, 11) is 0. The van der Waals surface area contributed by atoms with Crippen molar-refractivity contribution in [2.24, 2.45) is 0 Å². The Balaban J connectivity index is 2.23. The second-order valence-electron chi connectivity index (χ2n) is 3.77. The van der Waals surface area contributed by atoms with Crippen molar-refractivity contribution in [1.29, 1.82) is 0 Å². The van der Waals surface area contributed by atoms with Crippen LogP contribution in [0.25, 0.3) is 16.7 Å². The van der Waals surface area contributed by atoms with Crippen LogP contribution in [0.4, 0.5) is 0 Å². The standard InChI is InChI=1S/C13H11N3/c1-10-6-5-9-12-13(10)15-16(14-12)11-7-3-2-4-8-11/h2-9H,1H3. The van der Waals surface area contributed by atoms with E-state index in [-0.39, 0.29) is 0 Å². The Morgan fingerprint density at radius 2 is 1.69 bits per heavy atom. The lowest BCUT2D eigenvalue weighted by Gasteiger charge is -1.96. The van der Waals surface area contributed by atoms with Gasteiger partial charge in [-0.1, -0.05) is 30.3 Å². The smallest absolute Gasteiger partial charge is 0.116 e. The highest BCUT2D eigenvalue weighted by atomic mass is 15.5. The zero-order chi connectivity index (χ0) is 11.0. The third kappa shape index (κ3) is 1.37. The molecule has 0 saturated carbocycles. The largest absolute Gasteiger partial charge is 0.150 e. The Bertz CT molecular complexity index is 626. The fourth-order valence-corrected chi connectivity index (χ4v) is 1.75. The molecule has 78 valence electrons. The molecule has 0 radical (unpaired) electrons. The van der Waals surface area contributed by atoms with Crippen LogP contribution in [0, 0.1) is 6.92 Å². The molecule has 0 saturated heterocycles. The van der Waals surface area contributed by atoms with Gasteiger partial charge >= 0.3 is 0 Å². The first-order valence-corrected chi connectivity index (χ1v) is 5.23. The van der Waals surface area contributed by atoms with Crippen molar-refractivity contribution in [3.63, 3.8) is 0 Å². The van der Waals surface area contributed by atoms with Gasteiger partial charge in [0.15, 0.2) is 0 Å². The van der Waals surface area contributed by atoms with E-state index in [1.165, 1.54) is 0 Å². The van der Waals surface area contributed by atoms with E-state index in [1.54, 1.807) is 4.80 Å². The maximum Gasteiger partial charge on any atom is 0.116 e. The van der Waals surface area contributed by atoms with Gasteiger partial charge in [-0.2, -0.15) is 4.80 Å². The summed E-state index contributed by atoms with van der Waals surface area (Å²) in [6.45, 7) is 2.05. The second kappa shape index (κ2) is 3.45. The molecule has 0 aliphatic heterocycles. The van der Waals surface area contributed by atoms with Gasteiger partial charge in [0.2, 0.25) is 0 Å². The second-order valence-corrected chi connectivity index (χ2v) is 3.77. The van der Waals surface area contributed by atoms with Crippen LogP contribution in [0.2, 0.25) is 0 Å². The molecule has 3 aromatic rings. The third-order valence-corrected chi connectivity index (χ3v) is 2.60. The molecule has 0 amide bonds. The molecule has 0 N–H and O–H groups in total. The maximum absolute atomic E-state index is 4.49. The van der Waals surface area contributed by atoms with Gasteiger partial charge in [0.1, 0.15) is 11.0 Å². The van der Waals surface area contributed by atoms with Gasteiger partial charge in [-0.05, 0) is 30.7 Å². The minimum atomic E-state index is 0.934. The number of fused-ring (bicyclic) bond motifs is 1. The number of nitrogens with zero attached hydrogens (tertiary/aromatic N) is 3. The molecular weight excluding hydrogens is 198 g/mol. The summed E-state index contributed by atoms with van der Waals surface area (Å²) in [6.07, 6.45) is 0. The molecule has 2 aromatic carbocycles. The lowest BCUT2D eigenvalue weighted by molar-refractivity contribution is 0.765. The fraction of sp³-hybridized carbons (Fsp3) is 0.0769. The van der Waals surface area contributed by atoms with Crippen LogP contribution >= 0.6 is 0 Å². The Kier molecular flexibility index (Phi) is 1.96. The Hall–Kier alpha value is -2.16. The molecule has 0 aliphatic carbocycles. The quantitative estimate of drug-likeness (QED) is 0.617. The number of hydrogen-bond donors (Lipinski definition) is 0. The van der Waals surface area contributed by atoms with Crippen molar-refractivity contribution >= 4 is 11.0 Å². The SMILES string of the molecule is Cc1cccc2nn(-c3ccccc3)nc12. The van der Waals surface area contributed by atoms with E-state index >= 15 is 0 Å².